The van der Waals surface area contributed by atoms with Gasteiger partial charge >= 0.3 is 6.09 Å². The topological polar surface area (TPSA) is 90.7 Å². The predicted octanol–water partition coefficient (Wildman–Crippen LogP) is 0.606. The molecule has 1 fully saturated rings. The number of halogens is 2. The Kier molecular flexibility index (Phi) is 4.83. The van der Waals surface area contributed by atoms with Gasteiger partial charge in [-0.2, -0.15) is 0 Å². The van der Waals surface area contributed by atoms with Gasteiger partial charge in [0, 0.05) is 20.0 Å². The van der Waals surface area contributed by atoms with Gasteiger partial charge in [-0.1, -0.05) is 0 Å². The van der Waals surface area contributed by atoms with Crippen LogP contribution in [0.25, 0.3) is 0 Å². The summed E-state index contributed by atoms with van der Waals surface area (Å²) < 4.78 is 34.5. The molecule has 18 heavy (non-hydrogen) atoms. The summed E-state index contributed by atoms with van der Waals surface area (Å²) in [5.74, 6) is -3.63. The van der Waals surface area contributed by atoms with Crippen molar-refractivity contribution in [3.05, 3.63) is 0 Å². The number of nitrogens with two attached hydrogens (primary N) is 1. The smallest absolute Gasteiger partial charge is 0.405 e. The van der Waals surface area contributed by atoms with Crippen LogP contribution in [-0.2, 0) is 14.3 Å². The maximum atomic E-state index is 12.7. The third-order valence-corrected chi connectivity index (χ3v) is 2.66. The molecule has 6 nitrogen and oxygen atoms in total. The first-order valence-electron chi connectivity index (χ1n) is 5.44. The average Bonchev–Trinajstić information content (AvgIpc) is 2.21. The van der Waals surface area contributed by atoms with E-state index in [0.29, 0.717) is 0 Å². The Hall–Kier alpha value is -1.44. The number of alkyl halides is 2. The molecule has 1 saturated carbocycles. The molecule has 0 aromatic heterocycles. The lowest BCUT2D eigenvalue weighted by atomic mass is 9.78. The Labute approximate surface area is 103 Å². The van der Waals surface area contributed by atoms with Crippen molar-refractivity contribution in [3.63, 3.8) is 0 Å². The minimum absolute atomic E-state index is 0.0358. The average molecular weight is 266 g/mol. The van der Waals surface area contributed by atoms with Crippen LogP contribution in [0.5, 0.6) is 0 Å². The van der Waals surface area contributed by atoms with Gasteiger partial charge in [0.1, 0.15) is 6.73 Å². The number of carbonyl (C=O) groups excluding carboxylic acids is 2. The summed E-state index contributed by atoms with van der Waals surface area (Å²) in [6.07, 6.45) is -2.84. The third-order valence-electron chi connectivity index (χ3n) is 2.66. The quantitative estimate of drug-likeness (QED) is 0.689. The van der Waals surface area contributed by atoms with Crippen molar-refractivity contribution in [1.82, 2.24) is 5.32 Å². The maximum Gasteiger partial charge on any atom is 0.405 e. The van der Waals surface area contributed by atoms with E-state index >= 15 is 0 Å². The highest BCUT2D eigenvalue weighted by Gasteiger charge is 2.46. The zero-order valence-electron chi connectivity index (χ0n) is 9.95. The summed E-state index contributed by atoms with van der Waals surface area (Å²) in [6, 6.07) is 0. The molecule has 1 unspecified atom stereocenters. The Balaban J connectivity index is 2.45. The molecule has 8 heteroatoms. The molecule has 0 spiro atoms. The monoisotopic (exact) mass is 266 g/mol. The lowest BCUT2D eigenvalue weighted by molar-refractivity contribution is -0.140. The first-order chi connectivity index (χ1) is 8.34. The van der Waals surface area contributed by atoms with Crippen molar-refractivity contribution >= 4 is 12.0 Å². The molecule has 0 radical (unpaired) electrons. The van der Waals surface area contributed by atoms with E-state index in [1.54, 1.807) is 0 Å². The molecule has 0 heterocycles. The Morgan fingerprint density at radius 2 is 2.11 bits per heavy atom. The number of primary amides is 1. The normalized spacial score (nSPS) is 19.7. The summed E-state index contributed by atoms with van der Waals surface area (Å²) in [7, 11) is 1.37. The third kappa shape index (κ3) is 4.44. The van der Waals surface area contributed by atoms with Gasteiger partial charge < -0.3 is 20.5 Å². The van der Waals surface area contributed by atoms with Gasteiger partial charge in [0.05, 0.1) is 0 Å². The predicted molar refractivity (Wildman–Crippen MR) is 56.8 cm³/mol. The number of carbonyl (C=O) groups is 2. The van der Waals surface area contributed by atoms with E-state index in [9.17, 15) is 18.4 Å². The van der Waals surface area contributed by atoms with Crippen molar-refractivity contribution in [3.8, 4) is 0 Å². The largest absolute Gasteiger partial charge is 0.436 e. The molecule has 1 rings (SSSR count). The van der Waals surface area contributed by atoms with E-state index in [-0.39, 0.29) is 31.9 Å². The Bertz CT molecular complexity index is 317. The fraction of sp³-hybridized carbons (Fsp3) is 0.800. The minimum atomic E-state index is -2.68. The van der Waals surface area contributed by atoms with Crippen LogP contribution in [0.15, 0.2) is 0 Å². The lowest BCUT2D eigenvalue weighted by Gasteiger charge is -2.36. The van der Waals surface area contributed by atoms with Gasteiger partial charge in [-0.15, -0.1) is 0 Å². The zero-order valence-corrected chi connectivity index (χ0v) is 9.95. The second kappa shape index (κ2) is 5.94. The summed E-state index contributed by atoms with van der Waals surface area (Å²) >= 11 is 0. The van der Waals surface area contributed by atoms with Crippen LogP contribution in [0.2, 0.25) is 0 Å². The fourth-order valence-corrected chi connectivity index (χ4v) is 1.86. The Morgan fingerprint density at radius 1 is 1.50 bits per heavy atom. The molecule has 0 aromatic carbocycles. The summed E-state index contributed by atoms with van der Waals surface area (Å²) in [5, 5.41) is 2.33. The number of methoxy groups -OCH3 is 1. The highest BCUT2D eigenvalue weighted by atomic mass is 19.3. The number of hydrogen-bond acceptors (Lipinski definition) is 4. The molecule has 2 amide bonds. The second-order valence-electron chi connectivity index (χ2n) is 4.27. The van der Waals surface area contributed by atoms with Crippen LogP contribution in [0.1, 0.15) is 19.3 Å². The van der Waals surface area contributed by atoms with Crippen LogP contribution in [-0.4, -0.2) is 37.9 Å². The SMILES string of the molecule is COCNC(=O)C(CC1CC(F)(F)C1)OC(N)=O. The van der Waals surface area contributed by atoms with Gasteiger partial charge in [0.2, 0.25) is 5.92 Å². The van der Waals surface area contributed by atoms with E-state index < -0.39 is 24.0 Å². The van der Waals surface area contributed by atoms with E-state index in [1.807, 2.05) is 0 Å². The zero-order chi connectivity index (χ0) is 13.8. The van der Waals surface area contributed by atoms with Crippen LogP contribution in [0, 0.1) is 5.92 Å². The van der Waals surface area contributed by atoms with E-state index in [0.717, 1.165) is 0 Å². The number of hydrogen-bond donors (Lipinski definition) is 2. The van der Waals surface area contributed by atoms with Gasteiger partial charge in [-0.3, -0.25) is 4.79 Å². The number of ether oxygens (including phenoxy) is 2. The van der Waals surface area contributed by atoms with Crippen molar-refractivity contribution in [1.29, 1.82) is 0 Å². The van der Waals surface area contributed by atoms with Crippen molar-refractivity contribution in [2.24, 2.45) is 11.7 Å². The highest BCUT2D eigenvalue weighted by Crippen LogP contribution is 2.44. The molecular formula is C10H16F2N2O4. The summed E-state index contributed by atoms with van der Waals surface area (Å²) in [5.41, 5.74) is 4.83. The number of rotatable bonds is 6. The van der Waals surface area contributed by atoms with Crippen LogP contribution >= 0.6 is 0 Å². The molecule has 0 aromatic rings. The highest BCUT2D eigenvalue weighted by molar-refractivity contribution is 5.83. The fourth-order valence-electron chi connectivity index (χ4n) is 1.86. The molecule has 0 aliphatic heterocycles. The van der Waals surface area contributed by atoms with E-state index in [4.69, 9.17) is 5.73 Å². The molecule has 1 aliphatic carbocycles. The summed E-state index contributed by atoms with van der Waals surface area (Å²) in [6.45, 7) is -0.0573. The standard InChI is InChI=1S/C10H16F2N2O4/c1-17-5-14-8(15)7(18-9(13)16)2-6-3-10(11,12)4-6/h6-7H,2-5H2,1H3,(H2,13,16)(H,14,15). The van der Waals surface area contributed by atoms with Crippen molar-refractivity contribution < 1.29 is 27.8 Å². The van der Waals surface area contributed by atoms with E-state index in [1.165, 1.54) is 7.11 Å². The molecule has 3 N–H and O–H groups in total. The molecular weight excluding hydrogens is 250 g/mol. The van der Waals surface area contributed by atoms with Gasteiger partial charge in [-0.05, 0) is 12.3 Å². The lowest BCUT2D eigenvalue weighted by Crippen LogP contribution is -2.44. The van der Waals surface area contributed by atoms with Gasteiger partial charge in [0.15, 0.2) is 6.10 Å². The van der Waals surface area contributed by atoms with Crippen LogP contribution in [0.3, 0.4) is 0 Å². The first kappa shape index (κ1) is 14.6. The minimum Gasteiger partial charge on any atom is -0.436 e. The molecule has 1 atom stereocenters. The Morgan fingerprint density at radius 3 is 2.56 bits per heavy atom. The van der Waals surface area contributed by atoms with Crippen LogP contribution < -0.4 is 11.1 Å². The molecule has 104 valence electrons. The van der Waals surface area contributed by atoms with Gasteiger partial charge in [-0.25, -0.2) is 13.6 Å². The summed E-state index contributed by atoms with van der Waals surface area (Å²) in [4.78, 5) is 22.2. The number of nitrogens with one attached hydrogen (secondary N) is 1. The molecule has 0 saturated heterocycles. The van der Waals surface area contributed by atoms with Crippen LogP contribution in [0.4, 0.5) is 13.6 Å². The second-order valence-corrected chi connectivity index (χ2v) is 4.27. The first-order valence-corrected chi connectivity index (χ1v) is 5.44. The maximum absolute atomic E-state index is 12.7. The molecule has 1 aliphatic rings. The van der Waals surface area contributed by atoms with Gasteiger partial charge in [0.25, 0.3) is 5.91 Å². The van der Waals surface area contributed by atoms with E-state index in [2.05, 4.69) is 14.8 Å². The molecule has 0 bridgehead atoms. The van der Waals surface area contributed by atoms with Crippen molar-refractivity contribution in [2.45, 2.75) is 31.3 Å². The number of amides is 2. The van der Waals surface area contributed by atoms with Crippen molar-refractivity contribution in [2.75, 3.05) is 13.8 Å².